The number of halogens is 2. The lowest BCUT2D eigenvalue weighted by molar-refractivity contribution is -0.116. The number of nitrogens with zero attached hydrogens (tertiary/aromatic N) is 2. The van der Waals surface area contributed by atoms with Crippen LogP contribution in [0.2, 0.25) is 10.0 Å². The molecular weight excluding hydrogens is 469 g/mol. The molecule has 10 heteroatoms. The lowest BCUT2D eigenvalue weighted by atomic mass is 10.0. The Morgan fingerprint density at radius 3 is 2.39 bits per heavy atom. The van der Waals surface area contributed by atoms with Gasteiger partial charge in [0.05, 0.1) is 54.2 Å². The summed E-state index contributed by atoms with van der Waals surface area (Å²) in [6.07, 6.45) is 2.80. The molecule has 33 heavy (non-hydrogen) atoms. The number of hydrogen-bond acceptors (Lipinski definition) is 6. The topological polar surface area (TPSA) is 91.7 Å². The van der Waals surface area contributed by atoms with Gasteiger partial charge in [-0.25, -0.2) is 0 Å². The van der Waals surface area contributed by atoms with Crippen LogP contribution in [0.5, 0.6) is 11.5 Å². The molecule has 0 saturated carbocycles. The average molecular weight is 492 g/mol. The van der Waals surface area contributed by atoms with Gasteiger partial charge >= 0.3 is 0 Å². The normalized spacial score (nSPS) is 10.8. The zero-order valence-corrected chi connectivity index (χ0v) is 19.9. The molecule has 3 rings (SSSR count). The number of ether oxygens (including phenoxy) is 3. The minimum absolute atomic E-state index is 0.186. The number of rotatable bonds is 9. The van der Waals surface area contributed by atoms with E-state index in [0.29, 0.717) is 40.3 Å². The van der Waals surface area contributed by atoms with Crippen LogP contribution < -0.4 is 20.3 Å². The molecule has 0 atom stereocenters. The molecule has 1 amide bonds. The summed E-state index contributed by atoms with van der Waals surface area (Å²) in [6, 6.07) is 4.98. The Morgan fingerprint density at radius 1 is 1.15 bits per heavy atom. The van der Waals surface area contributed by atoms with E-state index >= 15 is 0 Å². The third-order valence-electron chi connectivity index (χ3n) is 5.03. The van der Waals surface area contributed by atoms with Crippen LogP contribution in [-0.4, -0.2) is 43.4 Å². The highest BCUT2D eigenvalue weighted by Crippen LogP contribution is 2.45. The number of benzene rings is 1. The van der Waals surface area contributed by atoms with Crippen LogP contribution in [0.15, 0.2) is 41.8 Å². The maximum atomic E-state index is 13.6. The molecule has 2 aromatic heterocycles. The van der Waals surface area contributed by atoms with Crippen LogP contribution in [0.1, 0.15) is 5.69 Å². The fourth-order valence-corrected chi connectivity index (χ4v) is 4.07. The van der Waals surface area contributed by atoms with Crippen LogP contribution in [0, 0.1) is 0 Å². The maximum absolute atomic E-state index is 13.6. The molecule has 0 fully saturated rings. The van der Waals surface area contributed by atoms with Gasteiger partial charge < -0.3 is 24.1 Å². The van der Waals surface area contributed by atoms with Crippen molar-refractivity contribution in [2.75, 3.05) is 27.9 Å². The predicted octanol–water partition coefficient (Wildman–Crippen LogP) is 3.84. The van der Waals surface area contributed by atoms with E-state index in [4.69, 9.17) is 37.4 Å². The second kappa shape index (κ2) is 10.7. The fourth-order valence-electron chi connectivity index (χ4n) is 3.37. The van der Waals surface area contributed by atoms with Crippen LogP contribution in [0.4, 0.5) is 0 Å². The van der Waals surface area contributed by atoms with Crippen LogP contribution >= 0.6 is 23.2 Å². The molecule has 174 valence electrons. The number of carbonyl (C=O) groups excluding carboxylic acids is 1. The second-order valence-corrected chi connectivity index (χ2v) is 7.70. The van der Waals surface area contributed by atoms with E-state index in [1.54, 1.807) is 36.1 Å². The van der Waals surface area contributed by atoms with Crippen molar-refractivity contribution in [3.63, 3.8) is 0 Å². The number of hydrogen-bond donors (Lipinski definition) is 1. The van der Waals surface area contributed by atoms with Crippen molar-refractivity contribution in [3.05, 3.63) is 63.1 Å². The van der Waals surface area contributed by atoms with Gasteiger partial charge in [0.1, 0.15) is 11.5 Å². The summed E-state index contributed by atoms with van der Waals surface area (Å²) >= 11 is 13.1. The van der Waals surface area contributed by atoms with E-state index in [9.17, 15) is 9.59 Å². The van der Waals surface area contributed by atoms with Gasteiger partial charge in [-0.3, -0.25) is 14.6 Å². The number of carbonyl (C=O) groups is 1. The number of fused-ring (bicyclic) bond motifs is 1. The molecule has 3 aromatic rings. The lowest BCUT2D eigenvalue weighted by Gasteiger charge is -2.17. The summed E-state index contributed by atoms with van der Waals surface area (Å²) in [6.45, 7) is 4.19. The molecule has 0 saturated heterocycles. The number of methoxy groups -OCH3 is 3. The molecule has 0 aliphatic carbocycles. The maximum Gasteiger partial charge on any atom is 0.259 e. The highest BCUT2D eigenvalue weighted by Gasteiger charge is 2.23. The Hall–Kier alpha value is -3.07. The SMILES string of the molecule is C=CC(=O)NCc1cc2c(cn1)cc(-c1c(Cl)c(OC)cc(OC)c1Cl)c(=O)n2CCOC. The Morgan fingerprint density at radius 2 is 1.82 bits per heavy atom. The highest BCUT2D eigenvalue weighted by atomic mass is 35.5. The first kappa shape index (κ1) is 24.6. The zero-order valence-electron chi connectivity index (χ0n) is 18.4. The number of nitrogens with one attached hydrogen (secondary N) is 1. The first-order valence-electron chi connectivity index (χ1n) is 9.88. The van der Waals surface area contributed by atoms with E-state index in [1.165, 1.54) is 20.3 Å². The zero-order chi connectivity index (χ0) is 24.1. The van der Waals surface area contributed by atoms with E-state index < -0.39 is 0 Å². The Labute approximate surface area is 200 Å². The molecule has 0 aliphatic heterocycles. The Bertz CT molecular complexity index is 1250. The molecule has 1 N–H and O–H groups in total. The van der Waals surface area contributed by atoms with Gasteiger partial charge in [-0.1, -0.05) is 29.8 Å². The van der Waals surface area contributed by atoms with E-state index in [2.05, 4.69) is 16.9 Å². The van der Waals surface area contributed by atoms with Crippen molar-refractivity contribution in [2.45, 2.75) is 13.1 Å². The van der Waals surface area contributed by atoms with Crippen LogP contribution in [0.25, 0.3) is 22.0 Å². The molecule has 0 aliphatic rings. The van der Waals surface area contributed by atoms with Gasteiger partial charge in [0.15, 0.2) is 0 Å². The first-order valence-corrected chi connectivity index (χ1v) is 10.6. The van der Waals surface area contributed by atoms with Gasteiger partial charge in [0.25, 0.3) is 5.56 Å². The lowest BCUT2D eigenvalue weighted by Crippen LogP contribution is -2.25. The van der Waals surface area contributed by atoms with Crippen molar-refractivity contribution in [1.82, 2.24) is 14.9 Å². The average Bonchev–Trinajstić information content (AvgIpc) is 2.82. The van der Waals surface area contributed by atoms with Gasteiger partial charge in [-0.2, -0.15) is 0 Å². The van der Waals surface area contributed by atoms with E-state index in [0.717, 1.165) is 0 Å². The van der Waals surface area contributed by atoms with Crippen LogP contribution in [0.3, 0.4) is 0 Å². The Balaban J connectivity index is 2.27. The third kappa shape index (κ3) is 4.98. The minimum Gasteiger partial charge on any atom is -0.495 e. The minimum atomic E-state index is -0.328. The fraction of sp³-hybridized carbons (Fsp3) is 0.261. The molecule has 0 unspecified atom stereocenters. The van der Waals surface area contributed by atoms with Crippen molar-refractivity contribution < 1.29 is 19.0 Å². The summed E-state index contributed by atoms with van der Waals surface area (Å²) < 4.78 is 17.5. The van der Waals surface area contributed by atoms with Gasteiger partial charge in [0, 0.05) is 36.9 Å². The van der Waals surface area contributed by atoms with Gasteiger partial charge in [0.2, 0.25) is 5.91 Å². The summed E-state index contributed by atoms with van der Waals surface area (Å²) in [5.41, 5.74) is 1.44. The molecular formula is C23H23Cl2N3O5. The number of aromatic nitrogens is 2. The van der Waals surface area contributed by atoms with Crippen molar-refractivity contribution in [2.24, 2.45) is 0 Å². The summed E-state index contributed by atoms with van der Waals surface area (Å²) in [5.74, 6) is 0.324. The summed E-state index contributed by atoms with van der Waals surface area (Å²) in [4.78, 5) is 29.5. The van der Waals surface area contributed by atoms with E-state index in [-0.39, 0.29) is 40.2 Å². The predicted molar refractivity (Wildman–Crippen MR) is 128 cm³/mol. The monoisotopic (exact) mass is 491 g/mol. The standard InChI is InChI=1S/C23H23Cl2N3O5/c1-5-19(29)27-12-14-9-16-13(11-26-14)8-15(23(30)28(16)6-7-31-2)20-21(24)17(32-3)10-18(33-4)22(20)25/h5,8-11H,1,6-7,12H2,2-4H3,(H,27,29). The molecule has 8 nitrogen and oxygen atoms in total. The van der Waals surface area contributed by atoms with Crippen molar-refractivity contribution in [1.29, 1.82) is 0 Å². The quantitative estimate of drug-likeness (QED) is 0.457. The van der Waals surface area contributed by atoms with E-state index in [1.807, 2.05) is 0 Å². The molecule has 2 heterocycles. The molecule has 0 bridgehead atoms. The summed E-state index contributed by atoms with van der Waals surface area (Å²) in [5, 5.41) is 3.73. The second-order valence-electron chi connectivity index (χ2n) is 6.95. The number of amides is 1. The molecule has 1 aromatic carbocycles. The first-order chi connectivity index (χ1) is 15.9. The highest BCUT2D eigenvalue weighted by molar-refractivity contribution is 6.41. The largest absolute Gasteiger partial charge is 0.495 e. The van der Waals surface area contributed by atoms with Crippen LogP contribution in [-0.2, 0) is 22.6 Å². The molecule has 0 spiro atoms. The number of pyridine rings is 2. The van der Waals surface area contributed by atoms with Gasteiger partial charge in [-0.05, 0) is 18.2 Å². The third-order valence-corrected chi connectivity index (χ3v) is 5.78. The van der Waals surface area contributed by atoms with Crippen molar-refractivity contribution in [3.8, 4) is 22.6 Å². The summed E-state index contributed by atoms with van der Waals surface area (Å²) in [7, 11) is 4.48. The smallest absolute Gasteiger partial charge is 0.259 e. The Kier molecular flexibility index (Phi) is 7.97. The van der Waals surface area contributed by atoms with Crippen molar-refractivity contribution >= 4 is 40.0 Å². The molecule has 0 radical (unpaired) electrons. The van der Waals surface area contributed by atoms with Gasteiger partial charge in [-0.15, -0.1) is 0 Å².